The van der Waals surface area contributed by atoms with Gasteiger partial charge in [0.05, 0.1) is 5.60 Å². The van der Waals surface area contributed by atoms with Crippen LogP contribution in [0.3, 0.4) is 0 Å². The molecule has 1 rings (SSSR count). The van der Waals surface area contributed by atoms with Crippen LogP contribution in [-0.2, 0) is 0 Å². The zero-order valence-electron chi connectivity index (χ0n) is 14.4. The highest BCUT2D eigenvalue weighted by atomic mass is 16.3. The summed E-state index contributed by atoms with van der Waals surface area (Å²) in [6, 6.07) is 0. The first-order valence-corrected chi connectivity index (χ1v) is 8.17. The first-order chi connectivity index (χ1) is 9.79. The molecule has 1 aliphatic rings. The highest BCUT2D eigenvalue weighted by Gasteiger charge is 2.23. The molecule has 0 spiro atoms. The SMILES string of the molecule is CC1=CCC=C(C)CCC=C(C)CCC(C(C)(C)O)C=C1. The molecule has 21 heavy (non-hydrogen) atoms. The van der Waals surface area contributed by atoms with E-state index in [1.165, 1.54) is 16.7 Å². The van der Waals surface area contributed by atoms with Crippen molar-refractivity contribution in [1.29, 1.82) is 0 Å². The molecule has 0 saturated heterocycles. The van der Waals surface area contributed by atoms with E-state index in [2.05, 4.69) is 51.2 Å². The Bertz CT molecular complexity index is 441. The zero-order chi connectivity index (χ0) is 15.9. The van der Waals surface area contributed by atoms with Crippen LogP contribution < -0.4 is 0 Å². The molecule has 0 aromatic heterocycles. The lowest BCUT2D eigenvalue weighted by atomic mass is 9.85. The normalized spacial score (nSPS) is 23.0. The van der Waals surface area contributed by atoms with E-state index in [1.54, 1.807) is 0 Å². The lowest BCUT2D eigenvalue weighted by Crippen LogP contribution is -2.29. The van der Waals surface area contributed by atoms with Gasteiger partial charge < -0.3 is 5.11 Å². The number of hydrogen-bond acceptors (Lipinski definition) is 1. The summed E-state index contributed by atoms with van der Waals surface area (Å²) in [7, 11) is 0. The molecular formula is C20H32O. The number of allylic oxidation sites excluding steroid dienone is 7. The zero-order valence-corrected chi connectivity index (χ0v) is 14.4. The predicted molar refractivity (Wildman–Crippen MR) is 93.3 cm³/mol. The largest absolute Gasteiger partial charge is 0.390 e. The Morgan fingerprint density at radius 1 is 1.00 bits per heavy atom. The third-order valence-electron chi connectivity index (χ3n) is 4.29. The van der Waals surface area contributed by atoms with Gasteiger partial charge in [0.15, 0.2) is 0 Å². The van der Waals surface area contributed by atoms with E-state index < -0.39 is 5.60 Å². The lowest BCUT2D eigenvalue weighted by molar-refractivity contribution is 0.0338. The third-order valence-corrected chi connectivity index (χ3v) is 4.29. The Hall–Kier alpha value is -1.08. The Kier molecular flexibility index (Phi) is 7.17. The Morgan fingerprint density at radius 2 is 1.67 bits per heavy atom. The van der Waals surface area contributed by atoms with Crippen LogP contribution in [0.5, 0.6) is 0 Å². The van der Waals surface area contributed by atoms with Crippen molar-refractivity contribution in [3.63, 3.8) is 0 Å². The number of rotatable bonds is 1. The molecule has 0 aromatic rings. The molecule has 0 aromatic carbocycles. The molecule has 1 aliphatic carbocycles. The molecule has 0 fully saturated rings. The van der Waals surface area contributed by atoms with Crippen LogP contribution in [0.4, 0.5) is 0 Å². The second-order valence-corrected chi connectivity index (χ2v) is 6.98. The summed E-state index contributed by atoms with van der Waals surface area (Å²) in [4.78, 5) is 0. The van der Waals surface area contributed by atoms with E-state index in [-0.39, 0.29) is 5.92 Å². The van der Waals surface area contributed by atoms with Gasteiger partial charge in [-0.2, -0.15) is 0 Å². The molecule has 0 saturated carbocycles. The molecule has 1 heteroatoms. The summed E-state index contributed by atoms with van der Waals surface area (Å²) in [5.74, 6) is 0.199. The van der Waals surface area contributed by atoms with Crippen LogP contribution in [0.15, 0.2) is 47.1 Å². The third kappa shape index (κ3) is 7.47. The van der Waals surface area contributed by atoms with Crippen molar-refractivity contribution in [2.75, 3.05) is 0 Å². The van der Waals surface area contributed by atoms with Crippen molar-refractivity contribution in [3.05, 3.63) is 47.1 Å². The van der Waals surface area contributed by atoms with E-state index in [9.17, 15) is 5.11 Å². The monoisotopic (exact) mass is 288 g/mol. The number of hydrogen-bond donors (Lipinski definition) is 1. The second kappa shape index (κ2) is 8.38. The maximum Gasteiger partial charge on any atom is 0.0654 e. The molecule has 118 valence electrons. The summed E-state index contributed by atoms with van der Waals surface area (Å²) >= 11 is 0. The van der Waals surface area contributed by atoms with E-state index in [0.717, 1.165) is 32.1 Å². The minimum atomic E-state index is -0.662. The molecule has 0 bridgehead atoms. The van der Waals surface area contributed by atoms with E-state index in [0.29, 0.717) is 0 Å². The van der Waals surface area contributed by atoms with Crippen molar-refractivity contribution >= 4 is 0 Å². The quantitative estimate of drug-likeness (QED) is 0.611. The van der Waals surface area contributed by atoms with E-state index in [4.69, 9.17) is 0 Å². The first-order valence-electron chi connectivity index (χ1n) is 8.17. The highest BCUT2D eigenvalue weighted by molar-refractivity contribution is 5.20. The van der Waals surface area contributed by atoms with Gasteiger partial charge in [-0.05, 0) is 66.7 Å². The van der Waals surface area contributed by atoms with Gasteiger partial charge in [-0.25, -0.2) is 0 Å². The van der Waals surface area contributed by atoms with E-state index >= 15 is 0 Å². The topological polar surface area (TPSA) is 20.2 Å². The van der Waals surface area contributed by atoms with Crippen molar-refractivity contribution in [2.24, 2.45) is 5.92 Å². The van der Waals surface area contributed by atoms with Gasteiger partial charge in [0, 0.05) is 5.92 Å². The fraction of sp³-hybridized carbons (Fsp3) is 0.600. The summed E-state index contributed by atoms with van der Waals surface area (Å²) in [5.41, 5.74) is 3.52. The first kappa shape index (κ1) is 18.0. The average molecular weight is 288 g/mol. The molecule has 0 heterocycles. The van der Waals surface area contributed by atoms with Gasteiger partial charge in [0.25, 0.3) is 0 Å². The van der Waals surface area contributed by atoms with Crippen molar-refractivity contribution < 1.29 is 5.11 Å². The fourth-order valence-corrected chi connectivity index (χ4v) is 2.60. The molecule has 1 nitrogen and oxygen atoms in total. The Morgan fingerprint density at radius 3 is 2.33 bits per heavy atom. The van der Waals surface area contributed by atoms with Crippen molar-refractivity contribution in [1.82, 2.24) is 0 Å². The van der Waals surface area contributed by atoms with Gasteiger partial charge in [-0.3, -0.25) is 0 Å². The predicted octanol–water partition coefficient (Wildman–Crippen LogP) is 5.73. The van der Waals surface area contributed by atoms with Gasteiger partial charge in [-0.15, -0.1) is 0 Å². The standard InChI is InChI=1S/C20H32O/c1-16-8-6-10-17(2)12-14-19(20(4,5)21)15-13-18(3)11-7-9-16/h8,10-12,14,19,21H,6-7,9,13,15H2,1-5H3. The molecule has 0 aliphatic heterocycles. The van der Waals surface area contributed by atoms with Crippen LogP contribution >= 0.6 is 0 Å². The summed E-state index contributed by atoms with van der Waals surface area (Å²) < 4.78 is 0. The van der Waals surface area contributed by atoms with Gasteiger partial charge >= 0.3 is 0 Å². The highest BCUT2D eigenvalue weighted by Crippen LogP contribution is 2.26. The molecular weight excluding hydrogens is 256 g/mol. The molecule has 1 N–H and O–H groups in total. The summed E-state index contributed by atoms with van der Waals surface area (Å²) in [5, 5.41) is 10.4. The molecule has 0 amide bonds. The molecule has 0 radical (unpaired) electrons. The van der Waals surface area contributed by atoms with E-state index in [1.807, 2.05) is 13.8 Å². The molecule has 1 unspecified atom stereocenters. The Labute approximate surface area is 131 Å². The molecule has 1 atom stereocenters. The average Bonchev–Trinajstić information content (AvgIpc) is 2.36. The minimum absolute atomic E-state index is 0.199. The lowest BCUT2D eigenvalue weighted by Gasteiger charge is -2.27. The van der Waals surface area contributed by atoms with Gasteiger partial charge in [0.1, 0.15) is 0 Å². The maximum atomic E-state index is 10.4. The summed E-state index contributed by atoms with van der Waals surface area (Å²) in [6.45, 7) is 10.4. The van der Waals surface area contributed by atoms with Crippen molar-refractivity contribution in [2.45, 2.75) is 72.3 Å². The van der Waals surface area contributed by atoms with Crippen LogP contribution in [0.1, 0.15) is 66.7 Å². The second-order valence-electron chi connectivity index (χ2n) is 6.98. The summed E-state index contributed by atoms with van der Waals surface area (Å²) in [6.07, 6.45) is 16.6. The van der Waals surface area contributed by atoms with Gasteiger partial charge in [0.2, 0.25) is 0 Å². The van der Waals surface area contributed by atoms with Crippen LogP contribution in [-0.4, -0.2) is 10.7 Å². The number of aliphatic hydroxyl groups is 1. The smallest absolute Gasteiger partial charge is 0.0654 e. The van der Waals surface area contributed by atoms with Gasteiger partial charge in [-0.1, -0.05) is 47.1 Å². The van der Waals surface area contributed by atoms with Crippen LogP contribution in [0.25, 0.3) is 0 Å². The Balaban J connectivity index is 2.93. The fourth-order valence-electron chi connectivity index (χ4n) is 2.60. The van der Waals surface area contributed by atoms with Crippen LogP contribution in [0.2, 0.25) is 0 Å². The maximum absolute atomic E-state index is 10.4. The van der Waals surface area contributed by atoms with Crippen molar-refractivity contribution in [3.8, 4) is 0 Å². The minimum Gasteiger partial charge on any atom is -0.390 e. The van der Waals surface area contributed by atoms with Crippen LogP contribution in [0, 0.1) is 5.92 Å².